The van der Waals surface area contributed by atoms with Crippen LogP contribution in [0.15, 0.2) is 18.2 Å². The summed E-state index contributed by atoms with van der Waals surface area (Å²) in [5.74, 6) is 0.832. The van der Waals surface area contributed by atoms with E-state index in [4.69, 9.17) is 17.3 Å². The number of halogens is 1. The van der Waals surface area contributed by atoms with E-state index in [0.717, 1.165) is 28.9 Å². The van der Waals surface area contributed by atoms with E-state index < -0.39 is 0 Å². The summed E-state index contributed by atoms with van der Waals surface area (Å²) in [5, 5.41) is 0.759. The fourth-order valence-corrected chi connectivity index (χ4v) is 2.26. The molecule has 2 rings (SSSR count). The average Bonchev–Trinajstić information content (AvgIpc) is 2.99. The number of hydrogen-bond donors (Lipinski definition) is 1. The van der Waals surface area contributed by atoms with Gasteiger partial charge in [0, 0.05) is 12.6 Å². The predicted octanol–water partition coefficient (Wildman–Crippen LogP) is 3.55. The number of nitrogens with zero attached hydrogens (tertiary/aromatic N) is 1. The summed E-state index contributed by atoms with van der Waals surface area (Å²) in [4.78, 5) is 2.33. The summed E-state index contributed by atoms with van der Waals surface area (Å²) < 4.78 is 0. The maximum Gasteiger partial charge on any atom is 0.0791 e. The van der Waals surface area contributed by atoms with Gasteiger partial charge in [-0.3, -0.25) is 0 Å². The van der Waals surface area contributed by atoms with Gasteiger partial charge in [-0.1, -0.05) is 17.7 Å². The Labute approximate surface area is 102 Å². The van der Waals surface area contributed by atoms with Crippen molar-refractivity contribution in [3.05, 3.63) is 23.2 Å². The van der Waals surface area contributed by atoms with Crippen molar-refractivity contribution >= 4 is 23.0 Å². The fourth-order valence-electron chi connectivity index (χ4n) is 1.97. The third kappa shape index (κ3) is 2.43. The summed E-state index contributed by atoms with van der Waals surface area (Å²) in [6, 6.07) is 6.17. The molecule has 0 spiro atoms. The van der Waals surface area contributed by atoms with Crippen LogP contribution in [0, 0.1) is 5.92 Å². The minimum atomic E-state index is 0.433. The number of anilines is 2. The minimum Gasteiger partial charge on any atom is -0.397 e. The third-order valence-corrected chi connectivity index (χ3v) is 3.39. The van der Waals surface area contributed by atoms with Gasteiger partial charge in [0.1, 0.15) is 0 Å². The Bertz CT molecular complexity index is 352. The van der Waals surface area contributed by atoms with Crippen LogP contribution in [0.25, 0.3) is 0 Å². The molecule has 2 nitrogen and oxygen atoms in total. The molecule has 1 aromatic carbocycles. The molecule has 1 saturated carbocycles. The molecule has 1 aliphatic rings. The van der Waals surface area contributed by atoms with E-state index in [0.29, 0.717) is 6.04 Å². The van der Waals surface area contributed by atoms with Gasteiger partial charge in [-0.2, -0.15) is 0 Å². The van der Waals surface area contributed by atoms with Crippen LogP contribution < -0.4 is 10.6 Å². The van der Waals surface area contributed by atoms with Crippen LogP contribution in [0.2, 0.25) is 5.02 Å². The first kappa shape index (κ1) is 11.6. The molecule has 3 heteroatoms. The molecule has 0 heterocycles. The summed E-state index contributed by atoms with van der Waals surface area (Å²) in [7, 11) is 0. The van der Waals surface area contributed by atoms with Crippen LogP contribution >= 0.6 is 11.6 Å². The Kier molecular flexibility index (Phi) is 3.29. The van der Waals surface area contributed by atoms with E-state index in [1.165, 1.54) is 12.8 Å². The molecule has 0 amide bonds. The quantitative estimate of drug-likeness (QED) is 0.813. The lowest BCUT2D eigenvalue weighted by molar-refractivity contribution is 0.645. The molecule has 0 saturated heterocycles. The molecule has 2 N–H and O–H groups in total. The van der Waals surface area contributed by atoms with E-state index in [-0.39, 0.29) is 0 Å². The van der Waals surface area contributed by atoms with Gasteiger partial charge in [0.2, 0.25) is 0 Å². The van der Waals surface area contributed by atoms with Crippen molar-refractivity contribution in [2.75, 3.05) is 17.2 Å². The summed E-state index contributed by atoms with van der Waals surface area (Å²) in [6.07, 6.45) is 2.68. The number of para-hydroxylation sites is 1. The largest absolute Gasteiger partial charge is 0.397 e. The molecule has 1 fully saturated rings. The molecule has 0 bridgehead atoms. The second-order valence-electron chi connectivity index (χ2n) is 4.87. The zero-order valence-electron chi connectivity index (χ0n) is 9.91. The third-order valence-electron chi connectivity index (χ3n) is 3.08. The monoisotopic (exact) mass is 238 g/mol. The number of nitrogen functional groups attached to an aromatic ring is 1. The van der Waals surface area contributed by atoms with Crippen LogP contribution in [-0.4, -0.2) is 12.6 Å². The number of rotatable bonds is 4. The predicted molar refractivity (Wildman–Crippen MR) is 71.1 cm³/mol. The average molecular weight is 239 g/mol. The van der Waals surface area contributed by atoms with Crippen molar-refractivity contribution in [2.45, 2.75) is 32.7 Å². The van der Waals surface area contributed by atoms with Gasteiger partial charge in [-0.15, -0.1) is 0 Å². The van der Waals surface area contributed by atoms with Crippen LogP contribution in [0.5, 0.6) is 0 Å². The van der Waals surface area contributed by atoms with Crippen LogP contribution in [0.1, 0.15) is 26.7 Å². The fraction of sp³-hybridized carbons (Fsp3) is 0.538. The molecule has 0 aromatic heterocycles. The zero-order valence-corrected chi connectivity index (χ0v) is 10.7. The van der Waals surface area contributed by atoms with Gasteiger partial charge in [-0.05, 0) is 44.7 Å². The van der Waals surface area contributed by atoms with Gasteiger partial charge >= 0.3 is 0 Å². The van der Waals surface area contributed by atoms with Gasteiger partial charge in [0.05, 0.1) is 16.4 Å². The topological polar surface area (TPSA) is 29.3 Å². The van der Waals surface area contributed by atoms with E-state index in [1.54, 1.807) is 0 Å². The summed E-state index contributed by atoms with van der Waals surface area (Å²) in [6.45, 7) is 5.45. The molecular formula is C13H19ClN2. The molecule has 0 aliphatic heterocycles. The first-order valence-electron chi connectivity index (χ1n) is 5.90. The minimum absolute atomic E-state index is 0.433. The maximum atomic E-state index is 6.25. The molecule has 0 atom stereocenters. The molecule has 88 valence electrons. The SMILES string of the molecule is CC(C)N(CC1CC1)c1c(N)cccc1Cl. The Morgan fingerprint density at radius 1 is 1.44 bits per heavy atom. The second kappa shape index (κ2) is 4.54. The Hall–Kier alpha value is -0.890. The molecule has 16 heavy (non-hydrogen) atoms. The Balaban J connectivity index is 2.29. The summed E-state index contributed by atoms with van der Waals surface area (Å²) >= 11 is 6.25. The highest BCUT2D eigenvalue weighted by Gasteiger charge is 2.27. The highest BCUT2D eigenvalue weighted by molar-refractivity contribution is 6.34. The van der Waals surface area contributed by atoms with Crippen molar-refractivity contribution < 1.29 is 0 Å². The van der Waals surface area contributed by atoms with Crippen molar-refractivity contribution in [3.63, 3.8) is 0 Å². The molecule has 0 radical (unpaired) electrons. The van der Waals surface area contributed by atoms with Crippen LogP contribution in [-0.2, 0) is 0 Å². The van der Waals surface area contributed by atoms with Crippen molar-refractivity contribution in [1.29, 1.82) is 0 Å². The van der Waals surface area contributed by atoms with Gasteiger partial charge in [-0.25, -0.2) is 0 Å². The molecular weight excluding hydrogens is 220 g/mol. The number of nitrogens with two attached hydrogens (primary N) is 1. The Morgan fingerprint density at radius 2 is 2.12 bits per heavy atom. The molecule has 0 unspecified atom stereocenters. The zero-order chi connectivity index (χ0) is 11.7. The van der Waals surface area contributed by atoms with Gasteiger partial charge < -0.3 is 10.6 Å². The van der Waals surface area contributed by atoms with Gasteiger partial charge in [0.25, 0.3) is 0 Å². The van der Waals surface area contributed by atoms with Crippen LogP contribution in [0.3, 0.4) is 0 Å². The van der Waals surface area contributed by atoms with Crippen molar-refractivity contribution in [2.24, 2.45) is 5.92 Å². The standard InChI is InChI=1S/C13H19ClN2/c1-9(2)16(8-10-6-7-10)13-11(14)4-3-5-12(13)15/h3-5,9-10H,6-8,15H2,1-2H3. The second-order valence-corrected chi connectivity index (χ2v) is 5.27. The van der Waals surface area contributed by atoms with Crippen molar-refractivity contribution in [1.82, 2.24) is 0 Å². The number of benzene rings is 1. The van der Waals surface area contributed by atoms with Gasteiger partial charge in [0.15, 0.2) is 0 Å². The lowest BCUT2D eigenvalue weighted by Gasteiger charge is -2.31. The van der Waals surface area contributed by atoms with E-state index in [2.05, 4.69) is 18.7 Å². The first-order valence-corrected chi connectivity index (χ1v) is 6.28. The highest BCUT2D eigenvalue weighted by atomic mass is 35.5. The smallest absolute Gasteiger partial charge is 0.0791 e. The lowest BCUT2D eigenvalue weighted by atomic mass is 10.2. The summed E-state index contributed by atoms with van der Waals surface area (Å²) in [5.41, 5.74) is 7.82. The van der Waals surface area contributed by atoms with E-state index in [9.17, 15) is 0 Å². The normalized spacial score (nSPS) is 15.5. The highest BCUT2D eigenvalue weighted by Crippen LogP contribution is 2.37. The van der Waals surface area contributed by atoms with E-state index >= 15 is 0 Å². The first-order chi connectivity index (χ1) is 7.59. The number of hydrogen-bond acceptors (Lipinski definition) is 2. The lowest BCUT2D eigenvalue weighted by Crippen LogP contribution is -2.33. The van der Waals surface area contributed by atoms with E-state index in [1.807, 2.05) is 18.2 Å². The van der Waals surface area contributed by atoms with Crippen molar-refractivity contribution in [3.8, 4) is 0 Å². The maximum absolute atomic E-state index is 6.25. The Morgan fingerprint density at radius 3 is 2.62 bits per heavy atom. The molecule has 1 aromatic rings. The molecule has 1 aliphatic carbocycles. The van der Waals surface area contributed by atoms with Crippen LogP contribution in [0.4, 0.5) is 11.4 Å².